The van der Waals surface area contributed by atoms with Crippen LogP contribution in [0.1, 0.15) is 16.5 Å². The first-order valence-electron chi connectivity index (χ1n) is 5.86. The van der Waals surface area contributed by atoms with Crippen molar-refractivity contribution < 1.29 is 18.3 Å². The number of aliphatic carboxylic acids is 1. The maximum absolute atomic E-state index is 12.4. The molecule has 2 N–H and O–H groups in total. The van der Waals surface area contributed by atoms with E-state index in [1.165, 1.54) is 17.4 Å². The molecule has 0 radical (unpaired) electrons. The van der Waals surface area contributed by atoms with Crippen LogP contribution in [0, 0.1) is 6.92 Å². The lowest BCUT2D eigenvalue weighted by molar-refractivity contribution is -0.139. The van der Waals surface area contributed by atoms with Crippen LogP contribution in [0.4, 0.5) is 0 Å². The van der Waals surface area contributed by atoms with Crippen molar-refractivity contribution in [1.29, 1.82) is 0 Å². The molecule has 2 aromatic rings. The molecule has 112 valence electrons. The highest BCUT2D eigenvalue weighted by atomic mass is 79.9. The van der Waals surface area contributed by atoms with Gasteiger partial charge in [0.2, 0.25) is 10.0 Å². The van der Waals surface area contributed by atoms with Crippen LogP contribution >= 0.6 is 27.3 Å². The number of thiophene rings is 1. The molecule has 0 aliphatic carbocycles. The summed E-state index contributed by atoms with van der Waals surface area (Å²) in [7, 11) is -3.94. The molecule has 2 rings (SSSR count). The molecule has 8 heteroatoms. The Morgan fingerprint density at radius 2 is 2.10 bits per heavy atom. The van der Waals surface area contributed by atoms with Crippen molar-refractivity contribution in [3.63, 3.8) is 0 Å². The van der Waals surface area contributed by atoms with Gasteiger partial charge >= 0.3 is 5.97 Å². The van der Waals surface area contributed by atoms with Gasteiger partial charge in [0, 0.05) is 9.35 Å². The third-order valence-corrected chi connectivity index (χ3v) is 5.78. The van der Waals surface area contributed by atoms with E-state index in [0.29, 0.717) is 14.9 Å². The lowest BCUT2D eigenvalue weighted by Gasteiger charge is -2.15. The Hall–Kier alpha value is -1.22. The van der Waals surface area contributed by atoms with Gasteiger partial charge in [0.15, 0.2) is 6.04 Å². The number of halogens is 1. The molecular formula is C13H12BrNO4S2. The molecule has 21 heavy (non-hydrogen) atoms. The number of aryl methyl sites for hydroxylation is 1. The van der Waals surface area contributed by atoms with E-state index in [4.69, 9.17) is 0 Å². The number of carboxylic acid groups (broad SMARTS) is 1. The normalized spacial score (nSPS) is 13.0. The van der Waals surface area contributed by atoms with Crippen LogP contribution in [0.25, 0.3) is 0 Å². The van der Waals surface area contributed by atoms with Crippen molar-refractivity contribution in [2.24, 2.45) is 0 Å². The van der Waals surface area contributed by atoms with E-state index in [2.05, 4.69) is 20.7 Å². The molecule has 0 saturated carbocycles. The summed E-state index contributed by atoms with van der Waals surface area (Å²) >= 11 is 4.40. The average molecular weight is 390 g/mol. The Labute approximate surface area is 134 Å². The number of hydrogen-bond donors (Lipinski definition) is 2. The predicted octanol–water partition coefficient (Wildman–Crippen LogP) is 2.92. The Kier molecular flexibility index (Phi) is 4.82. The Morgan fingerprint density at radius 1 is 1.38 bits per heavy atom. The molecule has 0 saturated heterocycles. The molecule has 0 bridgehead atoms. The summed E-state index contributed by atoms with van der Waals surface area (Å²) in [4.78, 5) is 11.8. The summed E-state index contributed by atoms with van der Waals surface area (Å²) in [5.41, 5.74) is 0.543. The first-order valence-corrected chi connectivity index (χ1v) is 9.01. The van der Waals surface area contributed by atoms with Gasteiger partial charge in [-0.05, 0) is 36.1 Å². The highest BCUT2D eigenvalue weighted by Crippen LogP contribution is 2.25. The van der Waals surface area contributed by atoms with Gasteiger partial charge in [-0.1, -0.05) is 28.1 Å². The van der Waals surface area contributed by atoms with Crippen LogP contribution in [0.15, 0.2) is 45.1 Å². The summed E-state index contributed by atoms with van der Waals surface area (Å²) in [5.74, 6) is -1.24. The minimum atomic E-state index is -3.94. The number of sulfonamides is 1. The molecule has 0 aliphatic heterocycles. The predicted molar refractivity (Wildman–Crippen MR) is 83.9 cm³/mol. The fourth-order valence-corrected chi connectivity index (χ4v) is 4.56. The van der Waals surface area contributed by atoms with Gasteiger partial charge in [0.25, 0.3) is 0 Å². The molecule has 1 aromatic carbocycles. The highest BCUT2D eigenvalue weighted by Gasteiger charge is 2.28. The molecule has 0 spiro atoms. The average Bonchev–Trinajstić information content (AvgIpc) is 2.92. The zero-order valence-electron chi connectivity index (χ0n) is 10.9. The molecule has 0 aliphatic rings. The molecule has 1 aromatic heterocycles. The van der Waals surface area contributed by atoms with Crippen LogP contribution in [0.2, 0.25) is 0 Å². The van der Waals surface area contributed by atoms with E-state index in [0.717, 1.165) is 0 Å². The van der Waals surface area contributed by atoms with Crippen LogP contribution < -0.4 is 4.72 Å². The van der Waals surface area contributed by atoms with Gasteiger partial charge in [0.05, 0.1) is 4.90 Å². The second-order valence-electron chi connectivity index (χ2n) is 4.32. The third kappa shape index (κ3) is 3.70. The molecule has 1 heterocycles. The van der Waals surface area contributed by atoms with Gasteiger partial charge in [-0.2, -0.15) is 4.72 Å². The van der Waals surface area contributed by atoms with Crippen molar-refractivity contribution in [1.82, 2.24) is 4.72 Å². The molecule has 5 nitrogen and oxygen atoms in total. The van der Waals surface area contributed by atoms with E-state index >= 15 is 0 Å². The van der Waals surface area contributed by atoms with E-state index in [-0.39, 0.29) is 4.90 Å². The first kappa shape index (κ1) is 16.2. The largest absolute Gasteiger partial charge is 0.480 e. The standard InChI is InChI=1S/C13H12BrNO4S2/c1-8-4-5-9(14)7-11(8)21(18,19)15-12(13(16)17)10-3-2-6-20-10/h2-7,12,15H,1H3,(H,16,17). The molecule has 0 fully saturated rings. The molecule has 0 amide bonds. The zero-order valence-corrected chi connectivity index (χ0v) is 14.1. The van der Waals surface area contributed by atoms with Crippen molar-refractivity contribution in [3.8, 4) is 0 Å². The van der Waals surface area contributed by atoms with Crippen LogP contribution in [-0.2, 0) is 14.8 Å². The smallest absolute Gasteiger partial charge is 0.327 e. The summed E-state index contributed by atoms with van der Waals surface area (Å²) in [6.07, 6.45) is 0. The number of rotatable bonds is 5. The topological polar surface area (TPSA) is 83.5 Å². The summed E-state index contributed by atoms with van der Waals surface area (Å²) in [6, 6.07) is 6.79. The van der Waals surface area contributed by atoms with Gasteiger partial charge in [-0.25, -0.2) is 8.42 Å². The van der Waals surface area contributed by atoms with Crippen molar-refractivity contribution >= 4 is 43.3 Å². The zero-order chi connectivity index (χ0) is 15.6. The van der Waals surface area contributed by atoms with Gasteiger partial charge < -0.3 is 5.11 Å². The summed E-state index contributed by atoms with van der Waals surface area (Å²) < 4.78 is 27.7. The van der Waals surface area contributed by atoms with E-state index in [9.17, 15) is 18.3 Å². The number of carbonyl (C=O) groups is 1. The lowest BCUT2D eigenvalue weighted by atomic mass is 10.2. The molecular weight excluding hydrogens is 378 g/mol. The maximum atomic E-state index is 12.4. The van der Waals surface area contributed by atoms with Crippen LogP contribution in [-0.4, -0.2) is 19.5 Å². The lowest BCUT2D eigenvalue weighted by Crippen LogP contribution is -2.33. The van der Waals surface area contributed by atoms with Gasteiger partial charge in [0.1, 0.15) is 0 Å². The van der Waals surface area contributed by atoms with Crippen LogP contribution in [0.3, 0.4) is 0 Å². The molecule has 1 atom stereocenters. The van der Waals surface area contributed by atoms with Gasteiger partial charge in [-0.3, -0.25) is 4.79 Å². The van der Waals surface area contributed by atoms with E-state index < -0.39 is 22.0 Å². The fraction of sp³-hybridized carbons (Fsp3) is 0.154. The number of hydrogen-bond acceptors (Lipinski definition) is 4. The second-order valence-corrected chi connectivity index (χ2v) is 7.90. The summed E-state index contributed by atoms with van der Waals surface area (Å²) in [5, 5.41) is 10.9. The quantitative estimate of drug-likeness (QED) is 0.823. The monoisotopic (exact) mass is 389 g/mol. The van der Waals surface area contributed by atoms with Crippen LogP contribution in [0.5, 0.6) is 0 Å². The second kappa shape index (κ2) is 6.27. The van der Waals surface area contributed by atoms with E-state index in [1.807, 2.05) is 0 Å². The van der Waals surface area contributed by atoms with Crippen molar-refractivity contribution in [2.75, 3.05) is 0 Å². The molecule has 1 unspecified atom stereocenters. The van der Waals surface area contributed by atoms with Gasteiger partial charge in [-0.15, -0.1) is 11.3 Å². The fourth-order valence-electron chi connectivity index (χ4n) is 1.77. The summed E-state index contributed by atoms with van der Waals surface area (Å²) in [6.45, 7) is 1.65. The van der Waals surface area contributed by atoms with Crippen molar-refractivity contribution in [3.05, 3.63) is 50.6 Å². The number of benzene rings is 1. The third-order valence-electron chi connectivity index (χ3n) is 2.79. The maximum Gasteiger partial charge on any atom is 0.327 e. The van der Waals surface area contributed by atoms with Crippen molar-refractivity contribution in [2.45, 2.75) is 17.9 Å². The number of nitrogens with one attached hydrogen (secondary N) is 1. The number of carboxylic acids is 1. The Bertz CT molecular complexity index is 756. The SMILES string of the molecule is Cc1ccc(Br)cc1S(=O)(=O)NC(C(=O)O)c1cccs1. The minimum absolute atomic E-state index is 0.0553. The highest BCUT2D eigenvalue weighted by molar-refractivity contribution is 9.10. The first-order chi connectivity index (χ1) is 9.81. The van der Waals surface area contributed by atoms with E-state index in [1.54, 1.807) is 36.6 Å². The Balaban J connectivity index is 2.40. The Morgan fingerprint density at radius 3 is 2.67 bits per heavy atom. The minimum Gasteiger partial charge on any atom is -0.480 e.